The third-order valence-electron chi connectivity index (χ3n) is 4.26. The Bertz CT molecular complexity index is 526. The molecule has 1 amide bonds. The van der Waals surface area contributed by atoms with E-state index in [0.29, 0.717) is 0 Å². The molecule has 1 fully saturated rings. The van der Waals surface area contributed by atoms with Gasteiger partial charge in [-0.05, 0) is 57.6 Å². The molecular weight excluding hydrogens is 250 g/mol. The molecule has 1 aliphatic carbocycles. The van der Waals surface area contributed by atoms with Gasteiger partial charge in [0.25, 0.3) is 0 Å². The normalized spacial score (nSPS) is 20.2. The lowest BCUT2D eigenvalue weighted by Crippen LogP contribution is -2.46. The van der Waals surface area contributed by atoms with Crippen molar-refractivity contribution in [2.24, 2.45) is 0 Å². The molecule has 108 valence electrons. The average molecular weight is 273 g/mol. The van der Waals surface area contributed by atoms with Gasteiger partial charge in [0.05, 0.1) is 5.54 Å². The number of carbonyl (C=O) groups excluding carboxylic acids is 1. The first-order chi connectivity index (χ1) is 9.40. The SMILES string of the molecule is CC(C)(C)OC(=O)N1CCc2ccccc2CC12CC2. The Kier molecular flexibility index (Phi) is 3.03. The maximum Gasteiger partial charge on any atom is 0.410 e. The lowest BCUT2D eigenvalue weighted by Gasteiger charge is -2.32. The van der Waals surface area contributed by atoms with Crippen LogP contribution >= 0.6 is 0 Å². The van der Waals surface area contributed by atoms with Crippen molar-refractivity contribution in [3.8, 4) is 0 Å². The summed E-state index contributed by atoms with van der Waals surface area (Å²) >= 11 is 0. The lowest BCUT2D eigenvalue weighted by atomic mass is 9.99. The largest absolute Gasteiger partial charge is 0.444 e. The molecule has 1 aromatic rings. The van der Waals surface area contributed by atoms with Crippen molar-refractivity contribution in [1.29, 1.82) is 0 Å². The monoisotopic (exact) mass is 273 g/mol. The number of ether oxygens (including phenoxy) is 1. The quantitative estimate of drug-likeness (QED) is 0.723. The molecule has 2 aliphatic rings. The van der Waals surface area contributed by atoms with Crippen molar-refractivity contribution in [1.82, 2.24) is 4.90 Å². The first kappa shape index (κ1) is 13.5. The van der Waals surface area contributed by atoms with E-state index in [-0.39, 0.29) is 11.6 Å². The highest BCUT2D eigenvalue weighted by Crippen LogP contribution is 2.47. The molecule has 0 bridgehead atoms. The van der Waals surface area contributed by atoms with E-state index in [1.54, 1.807) is 0 Å². The van der Waals surface area contributed by atoms with Crippen LogP contribution in [0.15, 0.2) is 24.3 Å². The maximum absolute atomic E-state index is 12.5. The molecule has 1 aliphatic heterocycles. The Balaban J connectivity index is 1.83. The minimum Gasteiger partial charge on any atom is -0.444 e. The minimum atomic E-state index is -0.424. The van der Waals surface area contributed by atoms with Gasteiger partial charge in [0.2, 0.25) is 0 Å². The number of nitrogens with zero attached hydrogens (tertiary/aromatic N) is 1. The van der Waals surface area contributed by atoms with Crippen LogP contribution in [0.25, 0.3) is 0 Å². The van der Waals surface area contributed by atoms with Crippen LogP contribution in [0.3, 0.4) is 0 Å². The fourth-order valence-electron chi connectivity index (χ4n) is 3.09. The molecule has 0 atom stereocenters. The summed E-state index contributed by atoms with van der Waals surface area (Å²) in [4.78, 5) is 14.5. The fourth-order valence-corrected chi connectivity index (χ4v) is 3.09. The molecule has 1 aromatic carbocycles. The molecule has 0 aromatic heterocycles. The van der Waals surface area contributed by atoms with Gasteiger partial charge in [0.1, 0.15) is 5.60 Å². The summed E-state index contributed by atoms with van der Waals surface area (Å²) in [5, 5.41) is 0. The number of fused-ring (bicyclic) bond motifs is 1. The Labute approximate surface area is 120 Å². The lowest BCUT2D eigenvalue weighted by molar-refractivity contribution is 0.0139. The molecule has 3 heteroatoms. The number of amides is 1. The molecule has 3 nitrogen and oxygen atoms in total. The predicted molar refractivity (Wildman–Crippen MR) is 78.8 cm³/mol. The minimum absolute atomic E-state index is 0.0228. The van der Waals surface area contributed by atoms with Crippen molar-refractivity contribution >= 4 is 6.09 Å². The van der Waals surface area contributed by atoms with E-state index in [9.17, 15) is 4.79 Å². The number of rotatable bonds is 0. The summed E-state index contributed by atoms with van der Waals surface area (Å²) < 4.78 is 5.59. The zero-order valence-corrected chi connectivity index (χ0v) is 12.6. The van der Waals surface area contributed by atoms with Gasteiger partial charge >= 0.3 is 6.09 Å². The zero-order valence-electron chi connectivity index (χ0n) is 12.6. The van der Waals surface area contributed by atoms with Crippen molar-refractivity contribution in [2.75, 3.05) is 6.54 Å². The van der Waals surface area contributed by atoms with Crippen LogP contribution in [0.1, 0.15) is 44.7 Å². The standard InChI is InChI=1S/C17H23NO2/c1-16(2,3)20-15(19)18-11-8-13-6-4-5-7-14(13)12-17(18)9-10-17/h4-7H,8-12H2,1-3H3. The molecule has 3 rings (SSSR count). The molecule has 20 heavy (non-hydrogen) atoms. The third kappa shape index (κ3) is 2.54. The molecule has 0 saturated heterocycles. The summed E-state index contributed by atoms with van der Waals surface area (Å²) in [6.45, 7) is 6.55. The van der Waals surface area contributed by atoms with Crippen molar-refractivity contribution in [3.05, 3.63) is 35.4 Å². The Morgan fingerprint density at radius 3 is 2.45 bits per heavy atom. The fraction of sp³-hybridized carbons (Fsp3) is 0.588. The van der Waals surface area contributed by atoms with E-state index in [1.165, 1.54) is 11.1 Å². The van der Waals surface area contributed by atoms with Gasteiger partial charge in [-0.2, -0.15) is 0 Å². The van der Waals surface area contributed by atoms with Crippen molar-refractivity contribution < 1.29 is 9.53 Å². The van der Waals surface area contributed by atoms with Gasteiger partial charge in [0, 0.05) is 6.54 Å². The van der Waals surface area contributed by atoms with Crippen LogP contribution in [0, 0.1) is 0 Å². The van der Waals surface area contributed by atoms with E-state index >= 15 is 0 Å². The molecule has 0 unspecified atom stereocenters. The number of hydrogen-bond acceptors (Lipinski definition) is 2. The summed E-state index contributed by atoms with van der Waals surface area (Å²) in [6, 6.07) is 8.57. The van der Waals surface area contributed by atoms with Gasteiger partial charge < -0.3 is 9.64 Å². The van der Waals surface area contributed by atoms with E-state index < -0.39 is 5.60 Å². The molecule has 0 radical (unpaired) electrons. The maximum atomic E-state index is 12.5. The van der Waals surface area contributed by atoms with Crippen LogP contribution in [-0.4, -0.2) is 28.7 Å². The highest BCUT2D eigenvalue weighted by molar-refractivity contribution is 5.70. The second-order valence-electron chi connectivity index (χ2n) is 7.05. The summed E-state index contributed by atoms with van der Waals surface area (Å²) in [5.74, 6) is 0. The van der Waals surface area contributed by atoms with Gasteiger partial charge in [-0.1, -0.05) is 24.3 Å². The van der Waals surface area contributed by atoms with E-state index in [0.717, 1.165) is 32.2 Å². The third-order valence-corrected chi connectivity index (χ3v) is 4.26. The van der Waals surface area contributed by atoms with Gasteiger partial charge in [-0.25, -0.2) is 4.79 Å². The first-order valence-corrected chi connectivity index (χ1v) is 7.47. The highest BCUT2D eigenvalue weighted by atomic mass is 16.6. The second kappa shape index (κ2) is 4.51. The Morgan fingerprint density at radius 2 is 1.85 bits per heavy atom. The molecular formula is C17H23NO2. The van der Waals surface area contributed by atoms with Crippen molar-refractivity contribution in [2.45, 2.75) is 57.6 Å². The number of benzene rings is 1. The molecule has 0 N–H and O–H groups in total. The van der Waals surface area contributed by atoms with Crippen LogP contribution in [0.5, 0.6) is 0 Å². The topological polar surface area (TPSA) is 29.5 Å². The van der Waals surface area contributed by atoms with Crippen LogP contribution in [-0.2, 0) is 17.6 Å². The van der Waals surface area contributed by atoms with E-state index in [2.05, 4.69) is 24.3 Å². The van der Waals surface area contributed by atoms with E-state index in [4.69, 9.17) is 4.74 Å². The first-order valence-electron chi connectivity index (χ1n) is 7.47. The van der Waals surface area contributed by atoms with Crippen LogP contribution in [0.4, 0.5) is 4.79 Å². The van der Waals surface area contributed by atoms with Crippen LogP contribution in [0.2, 0.25) is 0 Å². The average Bonchev–Trinajstić information content (AvgIpc) is 3.12. The van der Waals surface area contributed by atoms with Gasteiger partial charge in [-0.3, -0.25) is 0 Å². The molecule has 1 saturated carbocycles. The molecule has 1 spiro atoms. The smallest absolute Gasteiger partial charge is 0.410 e. The summed E-state index contributed by atoms with van der Waals surface area (Å²) in [5.41, 5.74) is 2.38. The molecule has 1 heterocycles. The zero-order chi connectivity index (χ0) is 14.4. The Morgan fingerprint density at radius 1 is 1.20 bits per heavy atom. The van der Waals surface area contributed by atoms with Crippen molar-refractivity contribution in [3.63, 3.8) is 0 Å². The predicted octanol–water partition coefficient (Wildman–Crippen LogP) is 3.55. The highest BCUT2D eigenvalue weighted by Gasteiger charge is 2.52. The van der Waals surface area contributed by atoms with Crippen LogP contribution < -0.4 is 0 Å². The second-order valence-corrected chi connectivity index (χ2v) is 7.05. The number of hydrogen-bond donors (Lipinski definition) is 0. The number of carbonyl (C=O) groups is 1. The van der Waals surface area contributed by atoms with E-state index in [1.807, 2.05) is 25.7 Å². The Hall–Kier alpha value is -1.51. The summed E-state index contributed by atoms with van der Waals surface area (Å²) in [6.07, 6.45) is 3.95. The van der Waals surface area contributed by atoms with Gasteiger partial charge in [-0.15, -0.1) is 0 Å². The van der Waals surface area contributed by atoms with Gasteiger partial charge in [0.15, 0.2) is 0 Å². The summed E-state index contributed by atoms with van der Waals surface area (Å²) in [7, 11) is 0.